The number of hydrogen-bond donors (Lipinski definition) is 1. The maximum Gasteiger partial charge on any atom is 0.0705 e. The largest absolute Gasteiger partial charge is 0.330 e. The van der Waals surface area contributed by atoms with Crippen LogP contribution in [0.1, 0.15) is 26.5 Å². The second-order valence-corrected chi connectivity index (χ2v) is 6.17. The minimum atomic E-state index is 0.146. The summed E-state index contributed by atoms with van der Waals surface area (Å²) in [5.41, 5.74) is 8.17. The van der Waals surface area contributed by atoms with Crippen LogP contribution in [0.3, 0.4) is 0 Å². The number of nitrogens with two attached hydrogens (primary N) is 1. The van der Waals surface area contributed by atoms with Crippen LogP contribution in [0.2, 0.25) is 0 Å². The normalized spacial score (nSPS) is 12.2. The molecule has 0 fully saturated rings. The van der Waals surface area contributed by atoms with E-state index in [4.69, 9.17) is 10.7 Å². The van der Waals surface area contributed by atoms with Crippen LogP contribution in [-0.2, 0) is 6.54 Å². The lowest BCUT2D eigenvalue weighted by Crippen LogP contribution is -2.38. The van der Waals surface area contributed by atoms with Gasteiger partial charge in [-0.05, 0) is 30.6 Å². The summed E-state index contributed by atoms with van der Waals surface area (Å²) in [4.78, 5) is 7.15. The van der Waals surface area contributed by atoms with Crippen molar-refractivity contribution in [2.75, 3.05) is 19.6 Å². The third-order valence-corrected chi connectivity index (χ3v) is 3.69. The predicted molar refractivity (Wildman–Crippen MR) is 85.5 cm³/mol. The Morgan fingerprint density at radius 2 is 1.90 bits per heavy atom. The van der Waals surface area contributed by atoms with Gasteiger partial charge in [-0.3, -0.25) is 9.88 Å². The van der Waals surface area contributed by atoms with Gasteiger partial charge in [0.1, 0.15) is 0 Å². The summed E-state index contributed by atoms with van der Waals surface area (Å²) < 4.78 is 0. The molecule has 2 rings (SSSR count). The standard InChI is InChI=1S/C17H25N3/c1-4-20(13-17(2,3)12-18)11-15-10-9-14-7-5-6-8-16(14)19-15/h5-10H,4,11-13,18H2,1-3H3. The highest BCUT2D eigenvalue weighted by Crippen LogP contribution is 2.17. The first-order valence-corrected chi connectivity index (χ1v) is 7.31. The van der Waals surface area contributed by atoms with Crippen molar-refractivity contribution in [3.63, 3.8) is 0 Å². The van der Waals surface area contributed by atoms with Gasteiger partial charge < -0.3 is 5.73 Å². The third kappa shape index (κ3) is 3.78. The molecule has 1 aromatic heterocycles. The van der Waals surface area contributed by atoms with E-state index < -0.39 is 0 Å². The number of pyridine rings is 1. The molecule has 0 saturated heterocycles. The van der Waals surface area contributed by atoms with Crippen molar-refractivity contribution in [1.82, 2.24) is 9.88 Å². The number of nitrogens with zero attached hydrogens (tertiary/aromatic N) is 2. The second-order valence-electron chi connectivity index (χ2n) is 6.17. The minimum absolute atomic E-state index is 0.146. The van der Waals surface area contributed by atoms with E-state index in [1.54, 1.807) is 0 Å². The van der Waals surface area contributed by atoms with Gasteiger partial charge in [0.25, 0.3) is 0 Å². The lowest BCUT2D eigenvalue weighted by Gasteiger charge is -2.30. The van der Waals surface area contributed by atoms with E-state index in [2.05, 4.69) is 49.9 Å². The molecule has 0 aliphatic carbocycles. The van der Waals surface area contributed by atoms with Crippen LogP contribution >= 0.6 is 0 Å². The first-order valence-electron chi connectivity index (χ1n) is 7.31. The van der Waals surface area contributed by atoms with E-state index in [0.29, 0.717) is 6.54 Å². The second kappa shape index (κ2) is 6.33. The Balaban J connectivity index is 2.13. The van der Waals surface area contributed by atoms with Crippen molar-refractivity contribution in [3.05, 3.63) is 42.1 Å². The van der Waals surface area contributed by atoms with Crippen molar-refractivity contribution >= 4 is 10.9 Å². The quantitative estimate of drug-likeness (QED) is 0.878. The summed E-state index contributed by atoms with van der Waals surface area (Å²) in [5, 5.41) is 1.20. The maximum absolute atomic E-state index is 5.83. The maximum atomic E-state index is 5.83. The van der Waals surface area contributed by atoms with Gasteiger partial charge in [-0.2, -0.15) is 0 Å². The van der Waals surface area contributed by atoms with Crippen LogP contribution in [0.15, 0.2) is 36.4 Å². The van der Waals surface area contributed by atoms with Gasteiger partial charge in [-0.25, -0.2) is 0 Å². The molecule has 0 aliphatic rings. The number of fused-ring (bicyclic) bond motifs is 1. The number of hydrogen-bond acceptors (Lipinski definition) is 3. The first kappa shape index (κ1) is 14.9. The zero-order chi connectivity index (χ0) is 14.6. The van der Waals surface area contributed by atoms with E-state index in [0.717, 1.165) is 30.8 Å². The Labute approximate surface area is 121 Å². The highest BCUT2D eigenvalue weighted by atomic mass is 15.1. The number of rotatable bonds is 6. The molecular formula is C17H25N3. The van der Waals surface area contributed by atoms with Crippen LogP contribution in [0, 0.1) is 5.41 Å². The lowest BCUT2D eigenvalue weighted by molar-refractivity contribution is 0.182. The molecule has 0 atom stereocenters. The van der Waals surface area contributed by atoms with Gasteiger partial charge in [0.05, 0.1) is 11.2 Å². The number of para-hydroxylation sites is 1. The Hall–Kier alpha value is -1.45. The average molecular weight is 271 g/mol. The van der Waals surface area contributed by atoms with E-state index >= 15 is 0 Å². The van der Waals surface area contributed by atoms with E-state index in [1.165, 1.54) is 5.39 Å². The Morgan fingerprint density at radius 1 is 1.15 bits per heavy atom. The molecule has 0 aliphatic heterocycles. The van der Waals surface area contributed by atoms with Crippen molar-refractivity contribution in [1.29, 1.82) is 0 Å². The Morgan fingerprint density at radius 3 is 2.60 bits per heavy atom. The van der Waals surface area contributed by atoms with E-state index in [9.17, 15) is 0 Å². The van der Waals surface area contributed by atoms with Crippen LogP contribution in [0.5, 0.6) is 0 Å². The fraction of sp³-hybridized carbons (Fsp3) is 0.471. The summed E-state index contributed by atoms with van der Waals surface area (Å²) in [6.07, 6.45) is 0. The van der Waals surface area contributed by atoms with Gasteiger partial charge in [0.2, 0.25) is 0 Å². The lowest BCUT2D eigenvalue weighted by atomic mass is 9.93. The number of benzene rings is 1. The highest BCUT2D eigenvalue weighted by Gasteiger charge is 2.19. The molecule has 108 valence electrons. The van der Waals surface area contributed by atoms with Crippen LogP contribution in [0.25, 0.3) is 10.9 Å². The fourth-order valence-corrected chi connectivity index (χ4v) is 2.37. The molecule has 3 heteroatoms. The molecule has 0 radical (unpaired) electrons. The fourth-order valence-electron chi connectivity index (χ4n) is 2.37. The topological polar surface area (TPSA) is 42.2 Å². The molecule has 2 aromatic rings. The molecule has 3 nitrogen and oxygen atoms in total. The molecular weight excluding hydrogens is 246 g/mol. The highest BCUT2D eigenvalue weighted by molar-refractivity contribution is 5.78. The first-order chi connectivity index (χ1) is 9.54. The van der Waals surface area contributed by atoms with Crippen molar-refractivity contribution in [2.24, 2.45) is 11.1 Å². The smallest absolute Gasteiger partial charge is 0.0705 e. The molecule has 1 aromatic carbocycles. The van der Waals surface area contributed by atoms with Crippen molar-refractivity contribution in [3.8, 4) is 0 Å². The third-order valence-electron chi connectivity index (χ3n) is 3.69. The van der Waals surface area contributed by atoms with E-state index in [-0.39, 0.29) is 5.41 Å². The average Bonchev–Trinajstić information content (AvgIpc) is 2.46. The van der Waals surface area contributed by atoms with Gasteiger partial charge in [-0.15, -0.1) is 0 Å². The summed E-state index contributed by atoms with van der Waals surface area (Å²) in [7, 11) is 0. The molecule has 0 bridgehead atoms. The number of aromatic nitrogens is 1. The molecule has 2 N–H and O–H groups in total. The SMILES string of the molecule is CCN(Cc1ccc2ccccc2n1)CC(C)(C)CN. The van der Waals surface area contributed by atoms with E-state index in [1.807, 2.05) is 12.1 Å². The van der Waals surface area contributed by atoms with Gasteiger partial charge in [0.15, 0.2) is 0 Å². The molecule has 0 saturated carbocycles. The van der Waals surface area contributed by atoms with Gasteiger partial charge >= 0.3 is 0 Å². The molecule has 0 amide bonds. The molecule has 1 heterocycles. The van der Waals surface area contributed by atoms with Crippen molar-refractivity contribution < 1.29 is 0 Å². The summed E-state index contributed by atoms with van der Waals surface area (Å²) >= 11 is 0. The van der Waals surface area contributed by atoms with Crippen LogP contribution < -0.4 is 5.73 Å². The molecule has 20 heavy (non-hydrogen) atoms. The summed E-state index contributed by atoms with van der Waals surface area (Å²) in [6.45, 7) is 10.2. The summed E-state index contributed by atoms with van der Waals surface area (Å²) in [5.74, 6) is 0. The van der Waals surface area contributed by atoms with Crippen molar-refractivity contribution in [2.45, 2.75) is 27.3 Å². The van der Waals surface area contributed by atoms with Gasteiger partial charge in [-0.1, -0.05) is 45.0 Å². The van der Waals surface area contributed by atoms with Gasteiger partial charge in [0, 0.05) is 18.5 Å². The minimum Gasteiger partial charge on any atom is -0.330 e. The Kier molecular flexibility index (Phi) is 4.73. The summed E-state index contributed by atoms with van der Waals surface area (Å²) in [6, 6.07) is 12.5. The predicted octanol–water partition coefficient (Wildman–Crippen LogP) is 3.04. The molecule has 0 unspecified atom stereocenters. The van der Waals surface area contributed by atoms with Crippen LogP contribution in [0.4, 0.5) is 0 Å². The zero-order valence-electron chi connectivity index (χ0n) is 12.8. The molecule has 0 spiro atoms. The monoisotopic (exact) mass is 271 g/mol. The zero-order valence-corrected chi connectivity index (χ0v) is 12.8. The van der Waals surface area contributed by atoms with Crippen LogP contribution in [-0.4, -0.2) is 29.5 Å². The Bertz CT molecular complexity index is 563.